The summed E-state index contributed by atoms with van der Waals surface area (Å²) in [7, 11) is 0. The molecule has 0 saturated carbocycles. The number of carbonyl (C=O) groups excluding carboxylic acids is 1. The number of rotatable bonds is 3. The third-order valence-electron chi connectivity index (χ3n) is 5.12. The van der Waals surface area contributed by atoms with E-state index >= 15 is 0 Å². The van der Waals surface area contributed by atoms with Crippen molar-refractivity contribution in [2.45, 2.75) is 12.5 Å². The van der Waals surface area contributed by atoms with Crippen LogP contribution in [0.4, 0.5) is 5.69 Å². The summed E-state index contributed by atoms with van der Waals surface area (Å²) in [6, 6.07) is 26.7. The molecule has 0 aliphatic carbocycles. The first kappa shape index (κ1) is 15.0. The molecule has 2 heterocycles. The van der Waals surface area contributed by atoms with E-state index in [0.717, 1.165) is 34.3 Å². The number of nitrogens with zero attached hydrogens (tertiary/aromatic N) is 1. The predicted octanol–water partition coefficient (Wildman–Crippen LogP) is 4.77. The largest absolute Gasteiger partial charge is 0.343 e. The maximum Gasteiger partial charge on any atom is 0.236 e. The third-order valence-corrected chi connectivity index (χ3v) is 5.12. The maximum absolute atomic E-state index is 12.7. The Morgan fingerprint density at radius 2 is 1.54 bits per heavy atom. The van der Waals surface area contributed by atoms with Gasteiger partial charge in [-0.3, -0.25) is 4.79 Å². The van der Waals surface area contributed by atoms with Crippen molar-refractivity contribution in [3.63, 3.8) is 0 Å². The number of anilines is 1. The summed E-state index contributed by atoms with van der Waals surface area (Å²) in [4.78, 5) is 12.7. The van der Waals surface area contributed by atoms with Gasteiger partial charge in [-0.15, -0.1) is 0 Å². The smallest absolute Gasteiger partial charge is 0.236 e. The zero-order valence-corrected chi connectivity index (χ0v) is 14.2. The Morgan fingerprint density at radius 1 is 0.808 bits per heavy atom. The number of para-hydroxylation sites is 2. The molecule has 0 fully saturated rings. The second kappa shape index (κ2) is 5.88. The van der Waals surface area contributed by atoms with Crippen LogP contribution in [0, 0.1) is 0 Å². The van der Waals surface area contributed by atoms with E-state index in [4.69, 9.17) is 0 Å². The van der Waals surface area contributed by atoms with Crippen molar-refractivity contribution in [2.24, 2.45) is 0 Å². The van der Waals surface area contributed by atoms with Gasteiger partial charge in [0.15, 0.2) is 0 Å². The van der Waals surface area contributed by atoms with E-state index in [-0.39, 0.29) is 11.8 Å². The first-order chi connectivity index (χ1) is 12.8. The molecular weight excluding hydrogens is 320 g/mol. The van der Waals surface area contributed by atoms with Crippen LogP contribution in [-0.4, -0.2) is 10.5 Å². The molecule has 1 aliphatic rings. The molecule has 3 heteroatoms. The van der Waals surface area contributed by atoms with E-state index in [9.17, 15) is 4.79 Å². The van der Waals surface area contributed by atoms with E-state index in [1.807, 2.05) is 36.4 Å². The molecule has 1 amide bonds. The average Bonchev–Trinajstić information content (AvgIpc) is 3.19. The van der Waals surface area contributed by atoms with Crippen LogP contribution in [-0.2, 0) is 11.3 Å². The van der Waals surface area contributed by atoms with Crippen LogP contribution >= 0.6 is 0 Å². The second-order valence-corrected chi connectivity index (χ2v) is 6.72. The van der Waals surface area contributed by atoms with Gasteiger partial charge in [-0.25, -0.2) is 0 Å². The van der Waals surface area contributed by atoms with Crippen molar-refractivity contribution in [1.29, 1.82) is 0 Å². The standard InChI is InChI=1S/C23H18N2O/c26-23-22(18-11-4-6-12-20(18)24-23)19-15-25(14-16-8-2-1-3-9-16)21-13-7-5-10-17(19)21/h1-13,15,22H,14H2,(H,24,26). The highest BCUT2D eigenvalue weighted by Crippen LogP contribution is 2.40. The molecule has 0 bridgehead atoms. The number of carbonyl (C=O) groups is 1. The van der Waals surface area contributed by atoms with Crippen LogP contribution in [0.1, 0.15) is 22.6 Å². The Bertz CT molecular complexity index is 1110. The van der Waals surface area contributed by atoms with Crippen LogP contribution in [0.5, 0.6) is 0 Å². The molecule has 1 aromatic heterocycles. The molecule has 1 N–H and O–H groups in total. The van der Waals surface area contributed by atoms with Gasteiger partial charge in [-0.1, -0.05) is 66.7 Å². The predicted molar refractivity (Wildman–Crippen MR) is 104 cm³/mol. The number of hydrogen-bond donors (Lipinski definition) is 1. The SMILES string of the molecule is O=C1Nc2ccccc2C1c1cn(Cc2ccccc2)c2ccccc12. The average molecular weight is 338 g/mol. The molecule has 5 rings (SSSR count). The zero-order chi connectivity index (χ0) is 17.5. The summed E-state index contributed by atoms with van der Waals surface area (Å²) < 4.78 is 2.24. The van der Waals surface area contributed by atoms with Gasteiger partial charge in [-0.05, 0) is 28.8 Å². The maximum atomic E-state index is 12.7. The Labute approximate surface area is 151 Å². The lowest BCUT2D eigenvalue weighted by molar-refractivity contribution is -0.116. The molecule has 0 saturated heterocycles. The van der Waals surface area contributed by atoms with Gasteiger partial charge in [0, 0.05) is 29.3 Å². The van der Waals surface area contributed by atoms with E-state index in [0.29, 0.717) is 0 Å². The fraction of sp³-hybridized carbons (Fsp3) is 0.0870. The fourth-order valence-electron chi connectivity index (χ4n) is 3.93. The van der Waals surface area contributed by atoms with Crippen LogP contribution in [0.15, 0.2) is 85.1 Å². The van der Waals surface area contributed by atoms with Crippen LogP contribution in [0.3, 0.4) is 0 Å². The van der Waals surface area contributed by atoms with E-state index in [2.05, 4.69) is 58.5 Å². The van der Waals surface area contributed by atoms with Crippen LogP contribution in [0.2, 0.25) is 0 Å². The highest BCUT2D eigenvalue weighted by atomic mass is 16.2. The van der Waals surface area contributed by atoms with E-state index in [1.165, 1.54) is 5.56 Å². The molecule has 1 unspecified atom stereocenters. The van der Waals surface area contributed by atoms with Crippen molar-refractivity contribution >= 4 is 22.5 Å². The number of aromatic nitrogens is 1. The van der Waals surface area contributed by atoms with Crippen molar-refractivity contribution in [3.05, 3.63) is 102 Å². The molecule has 4 aromatic rings. The third kappa shape index (κ3) is 2.32. The fourth-order valence-corrected chi connectivity index (χ4v) is 3.93. The zero-order valence-electron chi connectivity index (χ0n) is 14.2. The Kier molecular flexibility index (Phi) is 3.39. The quantitative estimate of drug-likeness (QED) is 0.573. The molecule has 1 atom stereocenters. The Balaban J connectivity index is 1.66. The number of fused-ring (bicyclic) bond motifs is 2. The minimum Gasteiger partial charge on any atom is -0.343 e. The summed E-state index contributed by atoms with van der Waals surface area (Å²) in [5.41, 5.74) is 5.45. The Morgan fingerprint density at radius 3 is 2.42 bits per heavy atom. The first-order valence-corrected chi connectivity index (χ1v) is 8.83. The normalized spacial score (nSPS) is 15.8. The Hall–Kier alpha value is -3.33. The molecule has 3 aromatic carbocycles. The van der Waals surface area contributed by atoms with Crippen molar-refractivity contribution in [1.82, 2.24) is 4.57 Å². The molecular formula is C23H18N2O. The molecule has 126 valence electrons. The summed E-state index contributed by atoms with van der Waals surface area (Å²) in [6.07, 6.45) is 2.14. The van der Waals surface area contributed by atoms with Crippen LogP contribution < -0.4 is 5.32 Å². The molecule has 3 nitrogen and oxygen atoms in total. The lowest BCUT2D eigenvalue weighted by atomic mass is 9.92. The minimum atomic E-state index is -0.256. The highest BCUT2D eigenvalue weighted by molar-refractivity contribution is 6.07. The highest BCUT2D eigenvalue weighted by Gasteiger charge is 2.33. The summed E-state index contributed by atoms with van der Waals surface area (Å²) in [6.45, 7) is 0.789. The van der Waals surface area contributed by atoms with Crippen molar-refractivity contribution in [2.75, 3.05) is 5.32 Å². The lowest BCUT2D eigenvalue weighted by Gasteiger charge is -2.07. The summed E-state index contributed by atoms with van der Waals surface area (Å²) in [5.74, 6) is -0.207. The monoisotopic (exact) mass is 338 g/mol. The van der Waals surface area contributed by atoms with Gasteiger partial charge < -0.3 is 9.88 Å². The lowest BCUT2D eigenvalue weighted by Crippen LogP contribution is -2.13. The molecule has 0 spiro atoms. The number of amides is 1. The van der Waals surface area contributed by atoms with Crippen LogP contribution in [0.25, 0.3) is 10.9 Å². The van der Waals surface area contributed by atoms with Gasteiger partial charge >= 0.3 is 0 Å². The number of benzene rings is 3. The summed E-state index contributed by atoms with van der Waals surface area (Å²) in [5, 5.41) is 4.16. The second-order valence-electron chi connectivity index (χ2n) is 6.72. The van der Waals surface area contributed by atoms with Gasteiger partial charge in [0.25, 0.3) is 0 Å². The van der Waals surface area contributed by atoms with Crippen molar-refractivity contribution in [3.8, 4) is 0 Å². The van der Waals surface area contributed by atoms with Gasteiger partial charge in [0.2, 0.25) is 5.91 Å². The topological polar surface area (TPSA) is 34.0 Å². The van der Waals surface area contributed by atoms with E-state index < -0.39 is 0 Å². The van der Waals surface area contributed by atoms with Gasteiger partial charge in [0.05, 0.1) is 5.92 Å². The number of nitrogens with one attached hydrogen (secondary N) is 1. The first-order valence-electron chi connectivity index (χ1n) is 8.83. The molecule has 26 heavy (non-hydrogen) atoms. The number of hydrogen-bond acceptors (Lipinski definition) is 1. The van der Waals surface area contributed by atoms with E-state index in [1.54, 1.807) is 0 Å². The van der Waals surface area contributed by atoms with Gasteiger partial charge in [0.1, 0.15) is 0 Å². The molecule has 0 radical (unpaired) electrons. The van der Waals surface area contributed by atoms with Crippen molar-refractivity contribution < 1.29 is 4.79 Å². The van der Waals surface area contributed by atoms with Gasteiger partial charge in [-0.2, -0.15) is 0 Å². The minimum absolute atomic E-state index is 0.0498. The molecule has 1 aliphatic heterocycles. The summed E-state index contributed by atoms with van der Waals surface area (Å²) >= 11 is 0.